The topological polar surface area (TPSA) is 40.5 Å². The van der Waals surface area contributed by atoms with E-state index in [0.717, 1.165) is 0 Å². The Morgan fingerprint density at radius 2 is 2.08 bits per heavy atom. The highest BCUT2D eigenvalue weighted by molar-refractivity contribution is 9.10. The summed E-state index contributed by atoms with van der Waals surface area (Å²) in [5, 5.41) is 17.8. The minimum absolute atomic E-state index is 0.119. The molecule has 0 saturated heterocycles. The first-order chi connectivity index (χ1) is 6.07. The summed E-state index contributed by atoms with van der Waals surface area (Å²) in [6.07, 6.45) is 1.72. The van der Waals surface area contributed by atoms with Crippen molar-refractivity contribution in [1.82, 2.24) is 0 Å². The zero-order valence-corrected chi connectivity index (χ0v) is 9.19. The molecule has 70 valence electrons. The van der Waals surface area contributed by atoms with Gasteiger partial charge in [0, 0.05) is 14.8 Å². The van der Waals surface area contributed by atoms with Crippen LogP contribution in [0.15, 0.2) is 21.5 Å². The lowest BCUT2D eigenvalue weighted by atomic mass is 9.80. The van der Waals surface area contributed by atoms with E-state index < -0.39 is 12.9 Å². The van der Waals surface area contributed by atoms with Crippen molar-refractivity contribution in [2.75, 3.05) is 6.26 Å². The van der Waals surface area contributed by atoms with Crippen molar-refractivity contribution in [1.29, 1.82) is 0 Å². The Morgan fingerprint density at radius 1 is 1.46 bits per heavy atom. The molecule has 0 fully saturated rings. The largest absolute Gasteiger partial charge is 0.492 e. The molecule has 0 aliphatic rings. The summed E-state index contributed by atoms with van der Waals surface area (Å²) in [5.41, 5.74) is -0.119. The van der Waals surface area contributed by atoms with Crippen molar-refractivity contribution in [3.63, 3.8) is 0 Å². The van der Waals surface area contributed by atoms with Crippen LogP contribution < -0.4 is 5.46 Å². The average Bonchev–Trinajstić information content (AvgIpc) is 2.04. The van der Waals surface area contributed by atoms with Crippen molar-refractivity contribution in [3.8, 4) is 0 Å². The van der Waals surface area contributed by atoms with Gasteiger partial charge in [-0.25, -0.2) is 4.39 Å². The Balaban J connectivity index is 3.30. The van der Waals surface area contributed by atoms with Crippen molar-refractivity contribution < 1.29 is 14.4 Å². The summed E-state index contributed by atoms with van der Waals surface area (Å²) in [4.78, 5) is 0.395. The van der Waals surface area contributed by atoms with Gasteiger partial charge in [0.25, 0.3) is 0 Å². The lowest BCUT2D eigenvalue weighted by Gasteiger charge is -2.07. The molecular weight excluding hydrogens is 258 g/mol. The van der Waals surface area contributed by atoms with Crippen LogP contribution in [0.1, 0.15) is 0 Å². The maximum absolute atomic E-state index is 13.4. The Morgan fingerprint density at radius 3 is 2.54 bits per heavy atom. The summed E-state index contributed by atoms with van der Waals surface area (Å²) < 4.78 is 13.8. The van der Waals surface area contributed by atoms with Crippen molar-refractivity contribution in [3.05, 3.63) is 22.4 Å². The van der Waals surface area contributed by atoms with Gasteiger partial charge in [-0.05, 0) is 18.4 Å². The lowest BCUT2D eigenvalue weighted by molar-refractivity contribution is 0.422. The van der Waals surface area contributed by atoms with Crippen LogP contribution in [0.5, 0.6) is 0 Å². The smallest absolute Gasteiger partial charge is 0.423 e. The van der Waals surface area contributed by atoms with Crippen LogP contribution >= 0.6 is 27.7 Å². The first-order valence-electron chi connectivity index (χ1n) is 3.46. The predicted octanol–water partition coefficient (Wildman–Crippen LogP) is 0.990. The third kappa shape index (κ3) is 2.25. The number of benzene rings is 1. The first kappa shape index (κ1) is 11.0. The van der Waals surface area contributed by atoms with E-state index in [-0.39, 0.29) is 5.46 Å². The minimum Gasteiger partial charge on any atom is -0.423 e. The standard InChI is InChI=1S/C7H7BBrFO2S/c1-13-5-3-2-4(9)6(7(5)10)8(11)12/h2-3,11-12H,1H3. The van der Waals surface area contributed by atoms with Crippen molar-refractivity contribution >= 4 is 40.3 Å². The van der Waals surface area contributed by atoms with E-state index in [2.05, 4.69) is 15.9 Å². The minimum atomic E-state index is -1.79. The van der Waals surface area contributed by atoms with Crippen LogP contribution in [-0.4, -0.2) is 23.4 Å². The van der Waals surface area contributed by atoms with Gasteiger partial charge in [-0.3, -0.25) is 0 Å². The summed E-state index contributed by atoms with van der Waals surface area (Å²) in [5.74, 6) is -0.586. The van der Waals surface area contributed by atoms with E-state index in [1.54, 1.807) is 18.4 Å². The molecule has 2 N–H and O–H groups in total. The summed E-state index contributed by atoms with van der Waals surface area (Å²) in [6, 6.07) is 3.17. The molecule has 0 atom stereocenters. The molecule has 0 amide bonds. The Labute approximate surface area is 88.4 Å². The van der Waals surface area contributed by atoms with Gasteiger partial charge in [0.2, 0.25) is 0 Å². The molecule has 0 aliphatic heterocycles. The van der Waals surface area contributed by atoms with Crippen LogP contribution in [-0.2, 0) is 0 Å². The second kappa shape index (κ2) is 4.46. The fourth-order valence-corrected chi connectivity index (χ4v) is 1.95. The van der Waals surface area contributed by atoms with E-state index in [1.807, 2.05) is 0 Å². The van der Waals surface area contributed by atoms with E-state index in [1.165, 1.54) is 11.8 Å². The molecule has 1 rings (SSSR count). The maximum Gasteiger partial charge on any atom is 0.492 e. The second-order valence-corrected chi connectivity index (χ2v) is 4.05. The Kier molecular flexibility index (Phi) is 3.79. The number of thioether (sulfide) groups is 1. The molecule has 6 heteroatoms. The molecule has 0 radical (unpaired) electrons. The molecule has 0 saturated carbocycles. The Bertz CT molecular complexity index is 322. The van der Waals surface area contributed by atoms with Crippen LogP contribution in [0.3, 0.4) is 0 Å². The van der Waals surface area contributed by atoms with Gasteiger partial charge in [0.15, 0.2) is 0 Å². The number of hydrogen-bond acceptors (Lipinski definition) is 3. The highest BCUT2D eigenvalue weighted by Gasteiger charge is 2.22. The molecule has 0 unspecified atom stereocenters. The fraction of sp³-hybridized carbons (Fsp3) is 0.143. The van der Waals surface area contributed by atoms with Gasteiger partial charge >= 0.3 is 7.12 Å². The molecule has 0 aromatic heterocycles. The highest BCUT2D eigenvalue weighted by atomic mass is 79.9. The van der Waals surface area contributed by atoms with Gasteiger partial charge in [0.1, 0.15) is 5.82 Å². The van der Waals surface area contributed by atoms with Gasteiger partial charge < -0.3 is 10.0 Å². The average molecular weight is 265 g/mol. The van der Waals surface area contributed by atoms with E-state index >= 15 is 0 Å². The SMILES string of the molecule is CSc1ccc(Br)c(B(O)O)c1F. The quantitative estimate of drug-likeness (QED) is 0.618. The molecule has 0 bridgehead atoms. The van der Waals surface area contributed by atoms with Crippen LogP contribution in [0, 0.1) is 5.82 Å². The number of halogens is 2. The Hall–Kier alpha value is -0.0351. The molecule has 1 aromatic carbocycles. The molecule has 0 heterocycles. The number of rotatable bonds is 2. The van der Waals surface area contributed by atoms with E-state index in [4.69, 9.17) is 10.0 Å². The van der Waals surface area contributed by atoms with Crippen LogP contribution in [0.4, 0.5) is 4.39 Å². The zero-order valence-electron chi connectivity index (χ0n) is 6.79. The highest BCUT2D eigenvalue weighted by Crippen LogP contribution is 2.21. The molecule has 1 aromatic rings. The second-order valence-electron chi connectivity index (χ2n) is 2.35. The molecule has 0 aliphatic carbocycles. The van der Waals surface area contributed by atoms with Crippen LogP contribution in [0.25, 0.3) is 0 Å². The third-order valence-electron chi connectivity index (χ3n) is 1.57. The van der Waals surface area contributed by atoms with Gasteiger partial charge in [-0.2, -0.15) is 0 Å². The summed E-state index contributed by atoms with van der Waals surface area (Å²) in [7, 11) is -1.79. The predicted molar refractivity (Wildman–Crippen MR) is 55.7 cm³/mol. The van der Waals surface area contributed by atoms with Crippen LogP contribution in [0.2, 0.25) is 0 Å². The fourth-order valence-electron chi connectivity index (χ4n) is 0.944. The third-order valence-corrected chi connectivity index (χ3v) is 3.02. The van der Waals surface area contributed by atoms with Gasteiger partial charge in [-0.15, -0.1) is 11.8 Å². The normalized spacial score (nSPS) is 10.2. The van der Waals surface area contributed by atoms with Crippen molar-refractivity contribution in [2.45, 2.75) is 4.90 Å². The lowest BCUT2D eigenvalue weighted by Crippen LogP contribution is -2.34. The zero-order chi connectivity index (χ0) is 10.0. The first-order valence-corrected chi connectivity index (χ1v) is 5.47. The maximum atomic E-state index is 13.4. The molecular formula is C7H7BBrFO2S. The molecule has 13 heavy (non-hydrogen) atoms. The van der Waals surface area contributed by atoms with Gasteiger partial charge in [-0.1, -0.05) is 15.9 Å². The summed E-state index contributed by atoms with van der Waals surface area (Å²) >= 11 is 4.26. The molecule has 0 spiro atoms. The number of hydrogen-bond donors (Lipinski definition) is 2. The van der Waals surface area contributed by atoms with E-state index in [0.29, 0.717) is 9.37 Å². The van der Waals surface area contributed by atoms with Crippen molar-refractivity contribution in [2.24, 2.45) is 0 Å². The monoisotopic (exact) mass is 264 g/mol. The molecule has 2 nitrogen and oxygen atoms in total. The van der Waals surface area contributed by atoms with E-state index in [9.17, 15) is 4.39 Å². The van der Waals surface area contributed by atoms with Gasteiger partial charge in [0.05, 0.1) is 0 Å². The summed E-state index contributed by atoms with van der Waals surface area (Å²) in [6.45, 7) is 0.